The number of anilines is 2. The van der Waals surface area contributed by atoms with Crippen LogP contribution in [0.25, 0.3) is 0 Å². The van der Waals surface area contributed by atoms with Gasteiger partial charge in [-0.1, -0.05) is 6.07 Å². The molecule has 1 aliphatic rings. The number of carbonyl (C=O) groups excluding carboxylic acids is 1. The fraction of sp³-hybridized carbons (Fsp3) is 0.273. The maximum Gasteiger partial charge on any atom is 0.258 e. The number of hydrogen-bond acceptors (Lipinski definition) is 5. The molecular weight excluding hydrogens is 370 g/mol. The number of carbonyl (C=O) groups is 1. The average Bonchev–Trinajstić information content (AvgIpc) is 3.12. The monoisotopic (exact) mass is 393 g/mol. The lowest BCUT2D eigenvalue weighted by Gasteiger charge is -2.13. The van der Waals surface area contributed by atoms with Crippen LogP contribution in [0.15, 0.2) is 48.7 Å². The van der Waals surface area contributed by atoms with Crippen LogP contribution in [0.2, 0.25) is 0 Å². The standard InChI is InChI=1S/C22H23N3O2S/c1-27-17-11-9-15(10-12-17)25-21(26)20-18-7-2-3-8-19(18)28-22(20)24-14-16-6-4-5-13-23-16/h4-6,9-13,24H,2-3,7-8,14H2,1H3,(H,25,26). The highest BCUT2D eigenvalue weighted by Gasteiger charge is 2.25. The summed E-state index contributed by atoms with van der Waals surface area (Å²) >= 11 is 1.71. The Kier molecular flexibility index (Phi) is 5.58. The molecule has 28 heavy (non-hydrogen) atoms. The first kappa shape index (κ1) is 18.5. The lowest BCUT2D eigenvalue weighted by molar-refractivity contribution is 0.102. The van der Waals surface area contributed by atoms with Gasteiger partial charge in [-0.25, -0.2) is 0 Å². The predicted molar refractivity (Wildman–Crippen MR) is 113 cm³/mol. The molecule has 5 nitrogen and oxygen atoms in total. The zero-order valence-corrected chi connectivity index (χ0v) is 16.6. The van der Waals surface area contributed by atoms with Crippen molar-refractivity contribution in [3.05, 3.63) is 70.4 Å². The molecule has 4 rings (SSSR count). The van der Waals surface area contributed by atoms with Gasteiger partial charge in [-0.15, -0.1) is 11.3 Å². The van der Waals surface area contributed by atoms with Crippen LogP contribution >= 0.6 is 11.3 Å². The molecule has 2 heterocycles. The van der Waals surface area contributed by atoms with Gasteiger partial charge in [0.05, 0.1) is 24.9 Å². The van der Waals surface area contributed by atoms with Crippen LogP contribution in [0.4, 0.5) is 10.7 Å². The number of nitrogens with one attached hydrogen (secondary N) is 2. The van der Waals surface area contributed by atoms with Gasteiger partial charge < -0.3 is 15.4 Å². The third-order valence-corrected chi connectivity index (χ3v) is 6.15. The number of rotatable bonds is 6. The van der Waals surface area contributed by atoms with Crippen LogP contribution in [0, 0.1) is 0 Å². The molecule has 2 N–H and O–H groups in total. The molecule has 0 spiro atoms. The first-order valence-corrected chi connectivity index (χ1v) is 10.3. The summed E-state index contributed by atoms with van der Waals surface area (Å²) in [6, 6.07) is 13.3. The topological polar surface area (TPSA) is 63.2 Å². The predicted octanol–water partition coefficient (Wildman–Crippen LogP) is 4.89. The van der Waals surface area contributed by atoms with E-state index < -0.39 is 0 Å². The molecule has 0 fully saturated rings. The van der Waals surface area contributed by atoms with E-state index in [4.69, 9.17) is 4.74 Å². The summed E-state index contributed by atoms with van der Waals surface area (Å²) in [7, 11) is 1.63. The number of benzene rings is 1. The fourth-order valence-electron chi connectivity index (χ4n) is 3.47. The van der Waals surface area contributed by atoms with Gasteiger partial charge in [-0.05, 0) is 67.6 Å². The number of pyridine rings is 1. The molecule has 144 valence electrons. The SMILES string of the molecule is COc1ccc(NC(=O)c2c(NCc3ccccn3)sc3c2CCCC3)cc1. The lowest BCUT2D eigenvalue weighted by atomic mass is 9.95. The molecule has 0 bridgehead atoms. The van der Waals surface area contributed by atoms with E-state index in [0.29, 0.717) is 6.54 Å². The zero-order chi connectivity index (χ0) is 19.3. The van der Waals surface area contributed by atoms with Crippen molar-refractivity contribution in [3.8, 4) is 5.75 Å². The second-order valence-electron chi connectivity index (χ2n) is 6.77. The first-order valence-electron chi connectivity index (χ1n) is 9.48. The number of methoxy groups -OCH3 is 1. The summed E-state index contributed by atoms with van der Waals surface area (Å²) < 4.78 is 5.19. The van der Waals surface area contributed by atoms with E-state index in [1.807, 2.05) is 42.5 Å². The van der Waals surface area contributed by atoms with Crippen molar-refractivity contribution in [2.24, 2.45) is 0 Å². The van der Waals surface area contributed by atoms with E-state index in [9.17, 15) is 4.79 Å². The number of fused-ring (bicyclic) bond motifs is 1. The molecule has 2 aromatic heterocycles. The smallest absolute Gasteiger partial charge is 0.258 e. The van der Waals surface area contributed by atoms with Crippen molar-refractivity contribution in [1.82, 2.24) is 4.98 Å². The van der Waals surface area contributed by atoms with Crippen molar-refractivity contribution < 1.29 is 9.53 Å². The number of hydrogen-bond donors (Lipinski definition) is 2. The highest BCUT2D eigenvalue weighted by atomic mass is 32.1. The van der Waals surface area contributed by atoms with Crippen LogP contribution in [-0.2, 0) is 19.4 Å². The number of aromatic nitrogens is 1. The maximum atomic E-state index is 13.1. The van der Waals surface area contributed by atoms with Gasteiger partial charge in [0.15, 0.2) is 0 Å². The van der Waals surface area contributed by atoms with Crippen LogP contribution in [0.3, 0.4) is 0 Å². The molecule has 1 amide bonds. The molecular formula is C22H23N3O2S. The molecule has 0 saturated heterocycles. The third-order valence-electron chi connectivity index (χ3n) is 4.90. The Labute approximate surface area is 168 Å². The molecule has 6 heteroatoms. The Morgan fingerprint density at radius 2 is 1.96 bits per heavy atom. The number of amides is 1. The van der Waals surface area contributed by atoms with Gasteiger partial charge in [-0.2, -0.15) is 0 Å². The first-order chi connectivity index (χ1) is 13.7. The Morgan fingerprint density at radius 1 is 1.14 bits per heavy atom. The zero-order valence-electron chi connectivity index (χ0n) is 15.8. The van der Waals surface area contributed by atoms with E-state index in [1.165, 1.54) is 16.9 Å². The molecule has 1 aromatic carbocycles. The second-order valence-corrected chi connectivity index (χ2v) is 7.88. The minimum absolute atomic E-state index is 0.0620. The number of thiophene rings is 1. The molecule has 1 aliphatic carbocycles. The highest BCUT2D eigenvalue weighted by Crippen LogP contribution is 2.38. The van der Waals surface area contributed by atoms with Crippen molar-refractivity contribution in [1.29, 1.82) is 0 Å². The van der Waals surface area contributed by atoms with Gasteiger partial charge in [0, 0.05) is 16.8 Å². The van der Waals surface area contributed by atoms with Gasteiger partial charge >= 0.3 is 0 Å². The summed E-state index contributed by atoms with van der Waals surface area (Å²) in [5.41, 5.74) is 3.70. The van der Waals surface area contributed by atoms with E-state index in [2.05, 4.69) is 15.6 Å². The maximum absolute atomic E-state index is 13.1. The second kappa shape index (κ2) is 8.44. The van der Waals surface area contributed by atoms with E-state index in [-0.39, 0.29) is 5.91 Å². The number of nitrogens with zero attached hydrogens (tertiary/aromatic N) is 1. The van der Waals surface area contributed by atoms with E-state index in [1.54, 1.807) is 24.6 Å². The summed E-state index contributed by atoms with van der Waals surface area (Å²) in [5.74, 6) is 0.705. The summed E-state index contributed by atoms with van der Waals surface area (Å²) in [6.07, 6.45) is 6.11. The largest absolute Gasteiger partial charge is 0.497 e. The van der Waals surface area contributed by atoms with Gasteiger partial charge in [-0.3, -0.25) is 9.78 Å². The third kappa shape index (κ3) is 4.02. The molecule has 0 radical (unpaired) electrons. The van der Waals surface area contributed by atoms with Crippen LogP contribution < -0.4 is 15.4 Å². The summed E-state index contributed by atoms with van der Waals surface area (Å²) in [6.45, 7) is 0.600. The van der Waals surface area contributed by atoms with Crippen molar-refractivity contribution in [2.75, 3.05) is 17.7 Å². The van der Waals surface area contributed by atoms with E-state index in [0.717, 1.165) is 47.0 Å². The number of ether oxygens (including phenoxy) is 1. The normalized spacial score (nSPS) is 12.9. The Morgan fingerprint density at radius 3 is 2.71 bits per heavy atom. The van der Waals surface area contributed by atoms with Crippen molar-refractivity contribution >= 4 is 27.9 Å². The Hall–Kier alpha value is -2.86. The van der Waals surface area contributed by atoms with Gasteiger partial charge in [0.2, 0.25) is 0 Å². The molecule has 0 atom stereocenters. The van der Waals surface area contributed by atoms with Gasteiger partial charge in [0.1, 0.15) is 10.8 Å². The minimum Gasteiger partial charge on any atom is -0.497 e. The number of aryl methyl sites for hydroxylation is 1. The lowest BCUT2D eigenvalue weighted by Crippen LogP contribution is -2.16. The molecule has 3 aromatic rings. The Balaban J connectivity index is 1.58. The highest BCUT2D eigenvalue weighted by molar-refractivity contribution is 7.16. The average molecular weight is 394 g/mol. The Bertz CT molecular complexity index is 952. The quantitative estimate of drug-likeness (QED) is 0.626. The molecule has 0 unspecified atom stereocenters. The fourth-order valence-corrected chi connectivity index (χ4v) is 4.75. The van der Waals surface area contributed by atoms with Crippen LogP contribution in [0.1, 0.15) is 39.3 Å². The minimum atomic E-state index is -0.0620. The van der Waals surface area contributed by atoms with Crippen LogP contribution in [0.5, 0.6) is 5.75 Å². The van der Waals surface area contributed by atoms with Crippen molar-refractivity contribution in [2.45, 2.75) is 32.2 Å². The molecule has 0 saturated carbocycles. The summed E-state index contributed by atoms with van der Waals surface area (Å²) in [5, 5.41) is 7.42. The van der Waals surface area contributed by atoms with Crippen molar-refractivity contribution in [3.63, 3.8) is 0 Å². The van der Waals surface area contributed by atoms with Gasteiger partial charge in [0.25, 0.3) is 5.91 Å². The molecule has 0 aliphatic heterocycles. The summed E-state index contributed by atoms with van der Waals surface area (Å²) in [4.78, 5) is 18.8. The van der Waals surface area contributed by atoms with E-state index >= 15 is 0 Å². The van der Waals surface area contributed by atoms with Crippen LogP contribution in [-0.4, -0.2) is 18.0 Å².